The first-order valence-corrected chi connectivity index (χ1v) is 28.0. The van der Waals surface area contributed by atoms with Gasteiger partial charge in [0.1, 0.15) is 52.4 Å². The zero-order valence-corrected chi connectivity index (χ0v) is 46.2. The highest BCUT2D eigenvalue weighted by atomic mass is 32.2. The van der Waals surface area contributed by atoms with E-state index in [9.17, 15) is 37.5 Å². The van der Waals surface area contributed by atoms with Gasteiger partial charge in [0.05, 0.1) is 41.9 Å². The van der Waals surface area contributed by atoms with Gasteiger partial charge in [0.25, 0.3) is 5.91 Å². The topological polar surface area (TPSA) is 278 Å². The van der Waals surface area contributed by atoms with Crippen LogP contribution in [0.3, 0.4) is 0 Å². The van der Waals surface area contributed by atoms with Crippen LogP contribution in [0.2, 0.25) is 0 Å². The van der Waals surface area contributed by atoms with E-state index >= 15 is 0 Å². The summed E-state index contributed by atoms with van der Waals surface area (Å²) in [6.07, 6.45) is 5.51. The molecule has 5 amide bonds. The van der Waals surface area contributed by atoms with Gasteiger partial charge in [-0.3, -0.25) is 29.2 Å². The van der Waals surface area contributed by atoms with Crippen LogP contribution in [0.5, 0.6) is 5.75 Å². The Hall–Kier alpha value is -8.21. The van der Waals surface area contributed by atoms with Crippen LogP contribution >= 0.6 is 0 Å². The number of nitrogens with one attached hydrogen (secondary N) is 4. The highest BCUT2D eigenvalue weighted by molar-refractivity contribution is 7.92. The summed E-state index contributed by atoms with van der Waals surface area (Å²) < 4.78 is 33.5. The molecule has 3 aromatic carbocycles. The predicted octanol–water partition coefficient (Wildman–Crippen LogP) is 5.97. The molecule has 0 aliphatic carbocycles. The number of aromatic nitrogens is 6. The summed E-state index contributed by atoms with van der Waals surface area (Å²) in [5.41, 5.74) is 4.02. The molecule has 416 valence electrons. The number of aryl methyl sites for hydroxylation is 1. The molecule has 22 nitrogen and oxygen atoms in total. The van der Waals surface area contributed by atoms with Crippen molar-refractivity contribution in [3.63, 3.8) is 0 Å². The van der Waals surface area contributed by atoms with Crippen molar-refractivity contribution in [3.05, 3.63) is 120 Å². The second kappa shape index (κ2) is 23.0. The van der Waals surface area contributed by atoms with Crippen LogP contribution in [0.1, 0.15) is 98.7 Å². The number of anilines is 3. The Bertz CT molecular complexity index is 3290. The number of piperidine rings is 1. The second-order valence-electron chi connectivity index (χ2n) is 21.5. The van der Waals surface area contributed by atoms with Crippen molar-refractivity contribution in [1.82, 2.24) is 55.5 Å². The molecule has 1 unspecified atom stereocenters. The van der Waals surface area contributed by atoms with Gasteiger partial charge in [0.2, 0.25) is 17.7 Å². The van der Waals surface area contributed by atoms with E-state index in [4.69, 9.17) is 4.74 Å². The molecule has 9 rings (SSSR count). The quantitative estimate of drug-likeness (QED) is 0.0793. The van der Waals surface area contributed by atoms with E-state index in [1.807, 2.05) is 74.5 Å². The van der Waals surface area contributed by atoms with Crippen molar-refractivity contribution in [2.75, 3.05) is 50.1 Å². The lowest BCUT2D eigenvalue weighted by molar-refractivity contribution is -0.145. The summed E-state index contributed by atoms with van der Waals surface area (Å²) >= 11 is 0. The highest BCUT2D eigenvalue weighted by Crippen LogP contribution is 2.38. The molecule has 3 fully saturated rings. The number of carbonyl (C=O) groups is 5. The van der Waals surface area contributed by atoms with Gasteiger partial charge < -0.3 is 40.5 Å². The third-order valence-corrected chi connectivity index (χ3v) is 18.0. The Morgan fingerprint density at radius 2 is 1.56 bits per heavy atom. The SMILES string of the molecule is Cc1[nH]nc(Nc2ncnc3cc(OCC4CCN(c5cnc(C(=O)N6CC[C@H]7CC[C@@H](C(=O)NC(c8ccccc8)c8ccccc8)N7C(=O)[C@@H](NC(=O)C(C)N(C)C(=O)O)C6)cn5)CC4)c(S(=O)(=O)C(C)(C)C)cc23)c1C. The maximum absolute atomic E-state index is 14.8. The number of rotatable bonds is 15. The number of H-pyrrole nitrogens is 1. The monoisotopic (exact) mass is 1100 g/mol. The zero-order valence-electron chi connectivity index (χ0n) is 45.3. The van der Waals surface area contributed by atoms with E-state index in [1.54, 1.807) is 32.9 Å². The second-order valence-corrected chi connectivity index (χ2v) is 24.2. The normalized spacial score (nSPS) is 18.6. The number of fused-ring (bicyclic) bond motifs is 2. The molecule has 6 aromatic rings. The average molecular weight is 1100 g/mol. The molecular weight excluding hydrogens is 1030 g/mol. The number of ether oxygens (including phenoxy) is 1. The Kier molecular flexibility index (Phi) is 16.2. The number of benzene rings is 3. The van der Waals surface area contributed by atoms with Crippen LogP contribution in [0.25, 0.3) is 10.9 Å². The molecule has 79 heavy (non-hydrogen) atoms. The maximum Gasteiger partial charge on any atom is 0.407 e. The van der Waals surface area contributed by atoms with E-state index in [1.165, 1.54) is 42.5 Å². The zero-order chi connectivity index (χ0) is 56.3. The summed E-state index contributed by atoms with van der Waals surface area (Å²) in [5.74, 6) is -0.406. The molecule has 6 heterocycles. The standard InChI is InChI=1S/C56H67N13O9S/c1-33-34(2)64-65-49(33)63-50-40-26-46(79(76,77)56(4,5)6)45(27-41(40)59-32-60-50)78-31-36-20-23-67(24-21-36)47-29-57-42(28-58-47)53(72)68-25-22-39-18-19-44(69(39)54(73)43(30-68)61-51(70)35(3)66(7)55(74)75)52(71)62-48(37-14-10-8-11-15-37)38-16-12-9-13-17-38/h8-17,26-29,32,35-36,39,43-44,48H,18-25,30-31H2,1-7H3,(H,61,70)(H,62,71)(H,74,75)(H2,59,60,63,64,65)/t35?,39-,43+,44+/m1/s1. The van der Waals surface area contributed by atoms with E-state index in [0.29, 0.717) is 73.6 Å². The van der Waals surface area contributed by atoms with Crippen LogP contribution in [0.15, 0.2) is 96.4 Å². The van der Waals surface area contributed by atoms with E-state index in [-0.39, 0.29) is 47.9 Å². The van der Waals surface area contributed by atoms with Crippen LogP contribution in [0, 0.1) is 19.8 Å². The number of carbonyl (C=O) groups excluding carboxylic acids is 4. The number of hydrogen-bond donors (Lipinski definition) is 5. The van der Waals surface area contributed by atoms with E-state index in [2.05, 4.69) is 51.0 Å². The minimum atomic E-state index is -3.90. The molecule has 4 atom stereocenters. The first kappa shape index (κ1) is 55.5. The first-order valence-electron chi connectivity index (χ1n) is 26.5. The van der Waals surface area contributed by atoms with Crippen LogP contribution in [-0.4, -0.2) is 157 Å². The minimum absolute atomic E-state index is 0.0217. The molecule has 3 aliphatic rings. The lowest BCUT2D eigenvalue weighted by Gasteiger charge is -2.39. The van der Waals surface area contributed by atoms with Crippen molar-refractivity contribution < 1.29 is 42.2 Å². The molecule has 3 aromatic heterocycles. The molecule has 0 spiro atoms. The Morgan fingerprint density at radius 3 is 2.16 bits per heavy atom. The van der Waals surface area contributed by atoms with Crippen molar-refractivity contribution >= 4 is 67.9 Å². The largest absolute Gasteiger partial charge is 0.492 e. The van der Waals surface area contributed by atoms with Crippen LogP contribution in [0.4, 0.5) is 22.2 Å². The van der Waals surface area contributed by atoms with Crippen molar-refractivity contribution in [2.45, 2.75) is 113 Å². The summed E-state index contributed by atoms with van der Waals surface area (Å²) in [6, 6.07) is 17.9. The fraction of sp³-hybridized carbons (Fsp3) is 0.429. The Balaban J connectivity index is 0.871. The summed E-state index contributed by atoms with van der Waals surface area (Å²) in [6.45, 7) is 11.4. The average Bonchev–Trinajstić information content (AvgIpc) is 4.21. The van der Waals surface area contributed by atoms with E-state index < -0.39 is 68.6 Å². The summed E-state index contributed by atoms with van der Waals surface area (Å²) in [7, 11) is -2.66. The lowest BCUT2D eigenvalue weighted by Crippen LogP contribution is -2.62. The third-order valence-electron chi connectivity index (χ3n) is 15.5. The van der Waals surface area contributed by atoms with E-state index in [0.717, 1.165) is 27.3 Å². The number of amides is 5. The molecule has 0 bridgehead atoms. The first-order chi connectivity index (χ1) is 37.7. The molecular formula is C56H67N13O9S. The fourth-order valence-electron chi connectivity index (χ4n) is 10.3. The number of carboxylic acid groups (broad SMARTS) is 1. The molecule has 23 heteroatoms. The summed E-state index contributed by atoms with van der Waals surface area (Å²) in [4.78, 5) is 93.1. The van der Waals surface area contributed by atoms with Gasteiger partial charge in [0.15, 0.2) is 15.7 Å². The van der Waals surface area contributed by atoms with Crippen molar-refractivity contribution in [1.29, 1.82) is 0 Å². The number of sulfone groups is 1. The Labute approximate surface area is 458 Å². The van der Waals surface area contributed by atoms with Gasteiger partial charge in [-0.2, -0.15) is 5.10 Å². The molecule has 0 saturated carbocycles. The van der Waals surface area contributed by atoms with Crippen molar-refractivity contribution in [2.24, 2.45) is 5.92 Å². The third kappa shape index (κ3) is 11.8. The Morgan fingerprint density at radius 1 is 0.873 bits per heavy atom. The van der Waals surface area contributed by atoms with Gasteiger partial charge >= 0.3 is 6.09 Å². The van der Waals surface area contributed by atoms with Gasteiger partial charge in [-0.25, -0.2) is 33.1 Å². The fourth-order valence-corrected chi connectivity index (χ4v) is 11.6. The molecule has 3 aliphatic heterocycles. The van der Waals surface area contributed by atoms with Gasteiger partial charge in [0, 0.05) is 55.4 Å². The smallest absolute Gasteiger partial charge is 0.407 e. The van der Waals surface area contributed by atoms with Crippen molar-refractivity contribution in [3.8, 4) is 5.75 Å². The number of hydrogen-bond acceptors (Lipinski definition) is 15. The van der Waals surface area contributed by atoms with Gasteiger partial charge in [-0.1, -0.05) is 60.7 Å². The van der Waals surface area contributed by atoms with Gasteiger partial charge in [-0.05, 0) is 96.8 Å². The summed E-state index contributed by atoms with van der Waals surface area (Å²) in [5, 5.41) is 26.6. The minimum Gasteiger partial charge on any atom is -0.492 e. The molecule has 0 radical (unpaired) electrons. The highest BCUT2D eigenvalue weighted by Gasteiger charge is 2.46. The number of aromatic amines is 1. The van der Waals surface area contributed by atoms with Crippen LogP contribution < -0.4 is 25.6 Å². The number of nitrogens with zero attached hydrogens (tertiary/aromatic N) is 9. The lowest BCUT2D eigenvalue weighted by atomic mass is 9.98. The predicted molar refractivity (Wildman–Crippen MR) is 295 cm³/mol. The number of likely N-dealkylation sites (N-methyl/N-ethyl adjacent to an activating group) is 1. The molecule has 5 N–H and O–H groups in total. The maximum atomic E-state index is 14.8. The van der Waals surface area contributed by atoms with Gasteiger partial charge in [-0.15, -0.1) is 0 Å². The molecule has 3 saturated heterocycles. The van der Waals surface area contributed by atoms with Crippen LogP contribution in [-0.2, 0) is 24.2 Å².